The zero-order valence-electron chi connectivity index (χ0n) is 21.6. The van der Waals surface area contributed by atoms with Gasteiger partial charge in [0.05, 0.1) is 11.0 Å². The molecule has 0 radical (unpaired) electrons. The van der Waals surface area contributed by atoms with Crippen LogP contribution in [0.3, 0.4) is 0 Å². The van der Waals surface area contributed by atoms with Crippen LogP contribution >= 0.6 is 0 Å². The van der Waals surface area contributed by atoms with E-state index < -0.39 is 45.7 Å². The van der Waals surface area contributed by atoms with Crippen molar-refractivity contribution in [2.75, 3.05) is 6.61 Å². The third-order valence-corrected chi connectivity index (χ3v) is 11.2. The summed E-state index contributed by atoms with van der Waals surface area (Å²) in [5, 5.41) is 11.6. The molecule has 7 nitrogen and oxygen atoms in total. The molecule has 3 fully saturated rings. The molecule has 0 heterocycles. The van der Waals surface area contributed by atoms with Gasteiger partial charge in [-0.25, -0.2) is 4.79 Å². The molecule has 3 saturated carbocycles. The van der Waals surface area contributed by atoms with Gasteiger partial charge in [0, 0.05) is 23.2 Å². The average Bonchev–Trinajstić information content (AvgIpc) is 3.22. The smallest absolute Gasteiger partial charge is 0.333 e. The fraction of sp³-hybridized carbons (Fsp3) is 0.643. The Balaban J connectivity index is 1.67. The van der Waals surface area contributed by atoms with Crippen LogP contribution in [0.25, 0.3) is 0 Å². The molecule has 8 atom stereocenters. The molecular weight excluding hydrogens is 480 g/mol. The third-order valence-electron chi connectivity index (χ3n) is 9.94. The fourth-order valence-corrected chi connectivity index (χ4v) is 8.35. The first-order valence-corrected chi connectivity index (χ1v) is 14.2. The number of Topliss-reactive ketones (excluding diaryl/α,β-unsaturated/α-hetero) is 1. The molecule has 2 bridgehead atoms. The predicted octanol–water partition coefficient (Wildman–Crippen LogP) is 4.30. The van der Waals surface area contributed by atoms with E-state index in [9.17, 15) is 23.1 Å². The highest BCUT2D eigenvalue weighted by Gasteiger charge is 2.68. The highest BCUT2D eigenvalue weighted by Crippen LogP contribution is 2.67. The van der Waals surface area contributed by atoms with Gasteiger partial charge in [0.25, 0.3) is 10.1 Å². The maximum atomic E-state index is 13.4. The molecule has 1 N–H and O–H groups in total. The van der Waals surface area contributed by atoms with Crippen molar-refractivity contribution in [3.63, 3.8) is 0 Å². The number of ether oxygens (including phenoxy) is 1. The summed E-state index contributed by atoms with van der Waals surface area (Å²) in [6.45, 7) is 11.3. The van der Waals surface area contributed by atoms with E-state index in [-0.39, 0.29) is 40.3 Å². The van der Waals surface area contributed by atoms with E-state index in [4.69, 9.17) is 8.92 Å². The average molecular weight is 519 g/mol. The summed E-state index contributed by atoms with van der Waals surface area (Å²) in [5.41, 5.74) is -1.80. The summed E-state index contributed by atoms with van der Waals surface area (Å²) in [7, 11) is -4.13. The molecule has 0 saturated heterocycles. The number of benzene rings is 1. The number of aliphatic hydroxyl groups is 1. The normalized spacial score (nSPS) is 40.6. The molecule has 3 aliphatic rings. The van der Waals surface area contributed by atoms with Gasteiger partial charge in [-0.15, -0.1) is 6.58 Å². The third kappa shape index (κ3) is 4.15. The Bertz CT molecular complexity index is 1130. The van der Waals surface area contributed by atoms with Gasteiger partial charge in [-0.1, -0.05) is 52.0 Å². The van der Waals surface area contributed by atoms with Crippen molar-refractivity contribution in [2.45, 2.75) is 76.9 Å². The van der Waals surface area contributed by atoms with Crippen molar-refractivity contribution in [3.05, 3.63) is 43.0 Å². The van der Waals surface area contributed by atoms with Gasteiger partial charge in [0.15, 0.2) is 6.61 Å². The van der Waals surface area contributed by atoms with Crippen LogP contribution in [0.5, 0.6) is 0 Å². The van der Waals surface area contributed by atoms with Gasteiger partial charge in [0.1, 0.15) is 11.9 Å². The Kier molecular flexibility index (Phi) is 7.03. The van der Waals surface area contributed by atoms with Gasteiger partial charge in [-0.2, -0.15) is 8.42 Å². The number of carbonyl (C=O) groups is 2. The SMILES string of the molecule is C=C[C@]1(C)C[C@@H](OC(=O)COS(=O)(=O)c2ccccc2)C2(C)[C@H](C)CCC3(CCC(=O)[C@H]32)[C@@H](C)[C@@H]1O. The Morgan fingerprint density at radius 2 is 1.86 bits per heavy atom. The number of aliphatic hydroxyl groups excluding tert-OH is 1. The van der Waals surface area contributed by atoms with Crippen LogP contribution in [-0.2, 0) is 28.6 Å². The maximum Gasteiger partial charge on any atom is 0.333 e. The lowest BCUT2D eigenvalue weighted by Gasteiger charge is -2.61. The Labute approximate surface area is 214 Å². The molecule has 4 rings (SSSR count). The lowest BCUT2D eigenvalue weighted by Crippen LogP contribution is -2.63. The fourth-order valence-electron chi connectivity index (χ4n) is 7.47. The quantitative estimate of drug-likeness (QED) is 0.340. The Morgan fingerprint density at radius 1 is 1.19 bits per heavy atom. The second kappa shape index (κ2) is 9.37. The van der Waals surface area contributed by atoms with Crippen molar-refractivity contribution >= 4 is 21.9 Å². The van der Waals surface area contributed by atoms with Crippen LogP contribution in [0.15, 0.2) is 47.9 Å². The zero-order chi connectivity index (χ0) is 26.5. The van der Waals surface area contributed by atoms with Crippen molar-refractivity contribution in [2.24, 2.45) is 34.0 Å². The van der Waals surface area contributed by atoms with Crippen LogP contribution in [0.4, 0.5) is 0 Å². The summed E-state index contributed by atoms with van der Waals surface area (Å²) in [5.74, 6) is -1.04. The first-order valence-electron chi connectivity index (χ1n) is 12.8. The molecule has 0 aromatic heterocycles. The zero-order valence-corrected chi connectivity index (χ0v) is 22.4. The number of hydrogen-bond donors (Lipinski definition) is 1. The standard InChI is InChI=1S/C28H38O7S/c1-6-26(4)16-22(35-23(30)17-34-36(32,33)20-10-8-7-9-11-20)27(5)18(2)12-14-28(19(3)25(26)31)15-13-21(29)24(27)28/h6-11,18-19,22,24-25,31H,1,12-17H2,2-5H3/t18-,19+,22-,24+,25+,26-,27?,28?/m1/s1. The van der Waals surface area contributed by atoms with Crippen molar-refractivity contribution in [1.29, 1.82) is 0 Å². The number of ketones is 1. The van der Waals surface area contributed by atoms with Crippen LogP contribution in [0.2, 0.25) is 0 Å². The van der Waals surface area contributed by atoms with Crippen molar-refractivity contribution in [3.8, 4) is 0 Å². The van der Waals surface area contributed by atoms with Crippen LogP contribution < -0.4 is 0 Å². The van der Waals surface area contributed by atoms with Crippen LogP contribution in [-0.4, -0.2) is 44.1 Å². The van der Waals surface area contributed by atoms with E-state index >= 15 is 0 Å². The van der Waals surface area contributed by atoms with Gasteiger partial charge >= 0.3 is 5.97 Å². The van der Waals surface area contributed by atoms with Crippen LogP contribution in [0, 0.1) is 34.0 Å². The Morgan fingerprint density at radius 3 is 2.50 bits per heavy atom. The molecule has 3 aliphatic carbocycles. The summed E-state index contributed by atoms with van der Waals surface area (Å²) in [6, 6.07) is 7.61. The van der Waals surface area contributed by atoms with E-state index in [0.717, 1.165) is 12.8 Å². The van der Waals surface area contributed by atoms with E-state index in [1.165, 1.54) is 12.1 Å². The van der Waals surface area contributed by atoms with Gasteiger partial charge < -0.3 is 9.84 Å². The van der Waals surface area contributed by atoms with Gasteiger partial charge in [-0.05, 0) is 55.1 Å². The molecule has 0 spiro atoms. The summed E-state index contributed by atoms with van der Waals surface area (Å²) < 4.78 is 36.1. The molecule has 198 valence electrons. The van der Waals surface area contributed by atoms with E-state index in [1.54, 1.807) is 24.3 Å². The molecule has 0 aliphatic heterocycles. The predicted molar refractivity (Wildman–Crippen MR) is 134 cm³/mol. The van der Waals surface area contributed by atoms with Crippen molar-refractivity contribution < 1.29 is 32.0 Å². The summed E-state index contributed by atoms with van der Waals surface area (Å²) in [6.07, 6.45) is 3.37. The minimum absolute atomic E-state index is 0.0469. The molecule has 0 amide bonds. The van der Waals surface area contributed by atoms with Crippen molar-refractivity contribution in [1.82, 2.24) is 0 Å². The second-order valence-electron chi connectivity index (χ2n) is 11.6. The van der Waals surface area contributed by atoms with E-state index in [1.807, 2.05) is 20.8 Å². The topological polar surface area (TPSA) is 107 Å². The van der Waals surface area contributed by atoms with Crippen LogP contribution in [0.1, 0.15) is 59.8 Å². The number of rotatable bonds is 6. The number of hydrogen-bond acceptors (Lipinski definition) is 7. The largest absolute Gasteiger partial charge is 0.460 e. The highest BCUT2D eigenvalue weighted by molar-refractivity contribution is 7.86. The molecule has 1 aromatic carbocycles. The molecule has 8 heteroatoms. The second-order valence-corrected chi connectivity index (χ2v) is 13.2. The van der Waals surface area contributed by atoms with Gasteiger partial charge in [-0.3, -0.25) is 8.98 Å². The molecular formula is C28H38O7S. The number of carbonyl (C=O) groups excluding carboxylic acids is 2. The van der Waals surface area contributed by atoms with E-state index in [2.05, 4.69) is 13.5 Å². The maximum absolute atomic E-state index is 13.4. The minimum atomic E-state index is -4.13. The van der Waals surface area contributed by atoms with Gasteiger partial charge in [0.2, 0.25) is 0 Å². The molecule has 1 aromatic rings. The minimum Gasteiger partial charge on any atom is -0.460 e. The lowest BCUT2D eigenvalue weighted by molar-refractivity contribution is -0.207. The monoisotopic (exact) mass is 518 g/mol. The molecule has 36 heavy (non-hydrogen) atoms. The van der Waals surface area contributed by atoms with E-state index in [0.29, 0.717) is 12.8 Å². The highest BCUT2D eigenvalue weighted by atomic mass is 32.2. The summed E-state index contributed by atoms with van der Waals surface area (Å²) in [4.78, 5) is 26.4. The summed E-state index contributed by atoms with van der Waals surface area (Å²) >= 11 is 0. The first-order chi connectivity index (χ1) is 16.8. The lowest BCUT2D eigenvalue weighted by atomic mass is 9.44. The Hall–Kier alpha value is -2.03. The molecule has 2 unspecified atom stereocenters. The number of esters is 1. The first kappa shape index (κ1) is 27.0.